The summed E-state index contributed by atoms with van der Waals surface area (Å²) in [6.45, 7) is 2.48. The fourth-order valence-electron chi connectivity index (χ4n) is 2.15. The van der Waals surface area contributed by atoms with Crippen LogP contribution in [0.3, 0.4) is 0 Å². The van der Waals surface area contributed by atoms with Crippen LogP contribution in [0.15, 0.2) is 35.5 Å². The number of hydrogen-bond acceptors (Lipinski definition) is 4. The number of aryl methyl sites for hydroxylation is 2. The lowest BCUT2D eigenvalue weighted by Crippen LogP contribution is -2.27. The zero-order valence-electron chi connectivity index (χ0n) is 12.2. The summed E-state index contributed by atoms with van der Waals surface area (Å²) in [4.78, 5) is 4.45. The molecule has 0 saturated carbocycles. The minimum absolute atomic E-state index is 0.291. The highest BCUT2D eigenvalue weighted by Crippen LogP contribution is 2.16. The second-order valence-electron chi connectivity index (χ2n) is 4.91. The number of rotatable bonds is 6. The van der Waals surface area contributed by atoms with Crippen LogP contribution >= 0.6 is 0 Å². The van der Waals surface area contributed by atoms with E-state index < -0.39 is 10.0 Å². The van der Waals surface area contributed by atoms with Gasteiger partial charge in [-0.2, -0.15) is 0 Å². The van der Waals surface area contributed by atoms with Crippen LogP contribution in [0.5, 0.6) is 0 Å². The highest BCUT2D eigenvalue weighted by atomic mass is 32.2. The Balaban J connectivity index is 2.06. The minimum atomic E-state index is -3.51. The van der Waals surface area contributed by atoms with Crippen LogP contribution in [0.1, 0.15) is 17.0 Å². The molecule has 0 atom stereocenters. The molecule has 2 rings (SSSR count). The van der Waals surface area contributed by atoms with Crippen LogP contribution in [0.25, 0.3) is 0 Å². The average Bonchev–Trinajstić information content (AvgIpc) is 2.83. The van der Waals surface area contributed by atoms with E-state index in [1.165, 1.54) is 0 Å². The maximum atomic E-state index is 12.3. The van der Waals surface area contributed by atoms with E-state index in [2.05, 4.69) is 9.71 Å². The van der Waals surface area contributed by atoms with Crippen molar-refractivity contribution in [3.05, 3.63) is 47.5 Å². The van der Waals surface area contributed by atoms with Crippen molar-refractivity contribution in [1.82, 2.24) is 14.3 Å². The predicted octanol–water partition coefficient (Wildman–Crippen LogP) is 0.708. The molecule has 114 valence electrons. The predicted molar refractivity (Wildman–Crippen MR) is 81.2 cm³/mol. The molecular weight excluding hydrogens is 288 g/mol. The van der Waals surface area contributed by atoms with Crippen molar-refractivity contribution in [2.45, 2.75) is 24.8 Å². The van der Waals surface area contributed by atoms with Crippen LogP contribution in [-0.2, 0) is 30.0 Å². The fraction of sp³-hybridized carbons (Fsp3) is 0.357. The smallest absolute Gasteiger partial charge is 0.240 e. The van der Waals surface area contributed by atoms with Crippen LogP contribution in [-0.4, -0.2) is 24.5 Å². The first-order valence-electron chi connectivity index (χ1n) is 6.69. The quantitative estimate of drug-likeness (QED) is 0.822. The maximum absolute atomic E-state index is 12.3. The van der Waals surface area contributed by atoms with Crippen molar-refractivity contribution in [2.75, 3.05) is 6.54 Å². The average molecular weight is 308 g/mol. The van der Waals surface area contributed by atoms with E-state index in [9.17, 15) is 8.42 Å². The van der Waals surface area contributed by atoms with E-state index >= 15 is 0 Å². The standard InChI is InChI=1S/C14H20N4O2S/c1-11-9-12(10-15)3-4-13(11)21(19,20)17-6-5-14-16-7-8-18(14)2/h3-4,7-9,17H,5-6,10,15H2,1-2H3. The number of nitrogens with zero attached hydrogens (tertiary/aromatic N) is 2. The van der Waals surface area contributed by atoms with Gasteiger partial charge in [-0.05, 0) is 24.1 Å². The fourth-order valence-corrected chi connectivity index (χ4v) is 3.41. The van der Waals surface area contributed by atoms with Gasteiger partial charge in [0, 0.05) is 39.0 Å². The van der Waals surface area contributed by atoms with Gasteiger partial charge in [-0.25, -0.2) is 18.1 Å². The van der Waals surface area contributed by atoms with Crippen LogP contribution in [0.4, 0.5) is 0 Å². The lowest BCUT2D eigenvalue weighted by molar-refractivity contribution is 0.579. The molecule has 21 heavy (non-hydrogen) atoms. The summed E-state index contributed by atoms with van der Waals surface area (Å²) < 4.78 is 29.1. The van der Waals surface area contributed by atoms with Gasteiger partial charge in [0.25, 0.3) is 0 Å². The minimum Gasteiger partial charge on any atom is -0.338 e. The van der Waals surface area contributed by atoms with Crippen molar-refractivity contribution >= 4 is 10.0 Å². The van der Waals surface area contributed by atoms with Gasteiger partial charge in [0.05, 0.1) is 4.90 Å². The number of sulfonamides is 1. The lowest BCUT2D eigenvalue weighted by atomic mass is 10.1. The SMILES string of the molecule is Cc1cc(CN)ccc1S(=O)(=O)NCCc1nccn1C. The molecule has 6 nitrogen and oxygen atoms in total. The number of nitrogens with two attached hydrogens (primary N) is 1. The van der Waals surface area contributed by atoms with E-state index in [0.717, 1.165) is 11.4 Å². The van der Waals surface area contributed by atoms with Gasteiger partial charge in [0.15, 0.2) is 0 Å². The van der Waals surface area contributed by atoms with Crippen molar-refractivity contribution in [2.24, 2.45) is 12.8 Å². The highest BCUT2D eigenvalue weighted by Gasteiger charge is 2.16. The summed E-state index contributed by atoms with van der Waals surface area (Å²) in [5, 5.41) is 0. The van der Waals surface area contributed by atoms with Crippen LogP contribution in [0.2, 0.25) is 0 Å². The Bertz CT molecular complexity index is 722. The van der Waals surface area contributed by atoms with Gasteiger partial charge in [-0.3, -0.25) is 0 Å². The molecule has 1 aromatic carbocycles. The number of hydrogen-bond donors (Lipinski definition) is 2. The number of benzene rings is 1. The second kappa shape index (κ2) is 6.38. The molecule has 0 spiro atoms. The van der Waals surface area contributed by atoms with E-state index in [1.807, 2.05) is 17.8 Å². The van der Waals surface area contributed by atoms with Gasteiger partial charge < -0.3 is 10.3 Å². The first kappa shape index (κ1) is 15.7. The Kier molecular flexibility index (Phi) is 4.76. The van der Waals surface area contributed by atoms with E-state index in [1.54, 1.807) is 31.3 Å². The summed E-state index contributed by atoms with van der Waals surface area (Å²) in [5.41, 5.74) is 7.16. The summed E-state index contributed by atoms with van der Waals surface area (Å²) in [5.74, 6) is 0.841. The highest BCUT2D eigenvalue weighted by molar-refractivity contribution is 7.89. The summed E-state index contributed by atoms with van der Waals surface area (Å²) >= 11 is 0. The Morgan fingerprint density at radius 1 is 1.38 bits per heavy atom. The molecule has 0 amide bonds. The molecule has 1 aromatic heterocycles. The zero-order valence-corrected chi connectivity index (χ0v) is 13.0. The normalized spacial score (nSPS) is 11.8. The third-order valence-electron chi connectivity index (χ3n) is 3.33. The molecule has 0 fully saturated rings. The van der Waals surface area contributed by atoms with Crippen molar-refractivity contribution in [3.8, 4) is 0 Å². The molecule has 0 aliphatic carbocycles. The molecule has 1 heterocycles. The van der Waals surface area contributed by atoms with Crippen molar-refractivity contribution in [1.29, 1.82) is 0 Å². The Labute approximate surface area is 125 Å². The first-order valence-corrected chi connectivity index (χ1v) is 8.18. The molecule has 0 aliphatic rings. The number of aromatic nitrogens is 2. The number of imidazole rings is 1. The Hall–Kier alpha value is -1.70. The molecule has 0 radical (unpaired) electrons. The van der Waals surface area contributed by atoms with Crippen molar-refractivity contribution in [3.63, 3.8) is 0 Å². The van der Waals surface area contributed by atoms with Crippen molar-refractivity contribution < 1.29 is 8.42 Å². The third-order valence-corrected chi connectivity index (χ3v) is 4.95. The molecular formula is C14H20N4O2S. The van der Waals surface area contributed by atoms with E-state index in [0.29, 0.717) is 30.0 Å². The summed E-state index contributed by atoms with van der Waals surface area (Å²) in [6, 6.07) is 5.13. The Morgan fingerprint density at radius 3 is 2.71 bits per heavy atom. The zero-order chi connectivity index (χ0) is 15.5. The van der Waals surface area contributed by atoms with E-state index in [-0.39, 0.29) is 0 Å². The van der Waals surface area contributed by atoms with Gasteiger partial charge in [0.1, 0.15) is 5.82 Å². The third kappa shape index (κ3) is 3.69. The van der Waals surface area contributed by atoms with Gasteiger partial charge in [-0.15, -0.1) is 0 Å². The molecule has 0 aliphatic heterocycles. The monoisotopic (exact) mass is 308 g/mol. The van der Waals surface area contributed by atoms with Gasteiger partial charge in [-0.1, -0.05) is 12.1 Å². The number of nitrogens with one attached hydrogen (secondary N) is 1. The molecule has 2 aromatic rings. The lowest BCUT2D eigenvalue weighted by Gasteiger charge is -2.10. The summed E-state index contributed by atoms with van der Waals surface area (Å²) in [7, 11) is -1.63. The second-order valence-corrected chi connectivity index (χ2v) is 6.64. The first-order chi connectivity index (χ1) is 9.94. The molecule has 3 N–H and O–H groups in total. The summed E-state index contributed by atoms with van der Waals surface area (Å²) in [6.07, 6.45) is 4.07. The molecule has 0 saturated heterocycles. The molecule has 0 bridgehead atoms. The Morgan fingerprint density at radius 2 is 2.14 bits per heavy atom. The largest absolute Gasteiger partial charge is 0.338 e. The maximum Gasteiger partial charge on any atom is 0.240 e. The molecule has 7 heteroatoms. The topological polar surface area (TPSA) is 90.0 Å². The van der Waals surface area contributed by atoms with Crippen LogP contribution in [0, 0.1) is 6.92 Å². The van der Waals surface area contributed by atoms with Crippen LogP contribution < -0.4 is 10.5 Å². The van der Waals surface area contributed by atoms with E-state index in [4.69, 9.17) is 5.73 Å². The van der Waals surface area contributed by atoms with Gasteiger partial charge in [0.2, 0.25) is 10.0 Å². The molecule has 0 unspecified atom stereocenters. The van der Waals surface area contributed by atoms with Gasteiger partial charge >= 0.3 is 0 Å².